The first-order valence-corrected chi connectivity index (χ1v) is 7.54. The highest BCUT2D eigenvalue weighted by molar-refractivity contribution is 5.53. The zero-order valence-corrected chi connectivity index (χ0v) is 12.3. The Labute approximate surface area is 124 Å². The Morgan fingerprint density at radius 2 is 2.10 bits per heavy atom. The molecule has 1 aromatic heterocycles. The molecule has 112 valence electrons. The van der Waals surface area contributed by atoms with Gasteiger partial charge >= 0.3 is 0 Å². The Morgan fingerprint density at radius 3 is 2.86 bits per heavy atom. The van der Waals surface area contributed by atoms with Crippen molar-refractivity contribution in [3.05, 3.63) is 41.8 Å². The van der Waals surface area contributed by atoms with Crippen LogP contribution in [0, 0.1) is 6.92 Å². The molecule has 0 unspecified atom stereocenters. The Morgan fingerprint density at radius 1 is 1.29 bits per heavy atom. The molecule has 4 nitrogen and oxygen atoms in total. The van der Waals surface area contributed by atoms with Crippen LogP contribution in [0.2, 0.25) is 0 Å². The van der Waals surface area contributed by atoms with E-state index in [2.05, 4.69) is 4.98 Å². The number of ether oxygens (including phenoxy) is 1. The van der Waals surface area contributed by atoms with E-state index >= 15 is 0 Å². The van der Waals surface area contributed by atoms with Crippen LogP contribution in [0.15, 0.2) is 34.7 Å². The van der Waals surface area contributed by atoms with Crippen LogP contribution in [0.3, 0.4) is 0 Å². The van der Waals surface area contributed by atoms with Crippen molar-refractivity contribution in [2.24, 2.45) is 0 Å². The zero-order valence-electron chi connectivity index (χ0n) is 12.3. The fourth-order valence-electron chi connectivity index (χ4n) is 2.73. The largest absolute Gasteiger partial charge is 0.441 e. The topological polar surface area (TPSA) is 55.5 Å². The number of aliphatic hydroxyl groups is 1. The highest BCUT2D eigenvalue weighted by atomic mass is 16.5. The van der Waals surface area contributed by atoms with Crippen molar-refractivity contribution in [3.63, 3.8) is 0 Å². The van der Waals surface area contributed by atoms with Gasteiger partial charge in [0.25, 0.3) is 0 Å². The average Bonchev–Trinajstić information content (AvgIpc) is 2.87. The minimum absolute atomic E-state index is 0.130. The summed E-state index contributed by atoms with van der Waals surface area (Å²) in [6.45, 7) is 2.35. The van der Waals surface area contributed by atoms with E-state index in [-0.39, 0.29) is 12.2 Å². The van der Waals surface area contributed by atoms with Crippen LogP contribution >= 0.6 is 0 Å². The monoisotopic (exact) mass is 287 g/mol. The molecule has 1 aliphatic rings. The number of nitrogens with zero attached hydrogens (tertiary/aromatic N) is 1. The van der Waals surface area contributed by atoms with Crippen molar-refractivity contribution in [1.82, 2.24) is 4.98 Å². The van der Waals surface area contributed by atoms with Gasteiger partial charge in [0.05, 0.1) is 18.8 Å². The Hall–Kier alpha value is -1.65. The van der Waals surface area contributed by atoms with Gasteiger partial charge < -0.3 is 14.3 Å². The van der Waals surface area contributed by atoms with Crippen molar-refractivity contribution in [1.29, 1.82) is 0 Å². The Kier molecular flexibility index (Phi) is 4.36. The standard InChI is InChI=1S/C17H21NO3/c1-12-16(11-20-15-9-5-8-14(19)10-15)18-17(21-12)13-6-3-2-4-7-13/h2-4,6-7,14-15,19H,5,8-11H2,1H3/t14-,15+/m0/s1. The van der Waals surface area contributed by atoms with E-state index < -0.39 is 0 Å². The minimum atomic E-state index is -0.220. The third kappa shape index (κ3) is 3.52. The molecule has 4 heteroatoms. The van der Waals surface area contributed by atoms with Gasteiger partial charge in [-0.3, -0.25) is 0 Å². The summed E-state index contributed by atoms with van der Waals surface area (Å²) in [7, 11) is 0. The van der Waals surface area contributed by atoms with Crippen LogP contribution in [0.5, 0.6) is 0 Å². The van der Waals surface area contributed by atoms with Gasteiger partial charge in [-0.15, -0.1) is 0 Å². The summed E-state index contributed by atoms with van der Waals surface area (Å²) in [6, 6.07) is 9.86. The highest BCUT2D eigenvalue weighted by Crippen LogP contribution is 2.25. The molecule has 1 fully saturated rings. The molecule has 21 heavy (non-hydrogen) atoms. The second kappa shape index (κ2) is 6.41. The van der Waals surface area contributed by atoms with Crippen molar-refractivity contribution < 1.29 is 14.3 Å². The lowest BCUT2D eigenvalue weighted by Crippen LogP contribution is -2.25. The summed E-state index contributed by atoms with van der Waals surface area (Å²) in [5, 5.41) is 9.67. The molecule has 0 radical (unpaired) electrons. The molecule has 2 aromatic rings. The summed E-state index contributed by atoms with van der Waals surface area (Å²) < 4.78 is 11.6. The fraction of sp³-hybridized carbons (Fsp3) is 0.471. The molecule has 0 saturated heterocycles. The van der Waals surface area contributed by atoms with Gasteiger partial charge in [-0.25, -0.2) is 4.98 Å². The smallest absolute Gasteiger partial charge is 0.226 e. The first kappa shape index (κ1) is 14.3. The summed E-state index contributed by atoms with van der Waals surface area (Å²) in [5.74, 6) is 1.43. The maximum Gasteiger partial charge on any atom is 0.226 e. The first-order valence-electron chi connectivity index (χ1n) is 7.54. The summed E-state index contributed by atoms with van der Waals surface area (Å²) in [6.07, 6.45) is 3.56. The molecule has 1 aromatic carbocycles. The van der Waals surface area contributed by atoms with E-state index in [0.29, 0.717) is 12.5 Å². The molecule has 1 N–H and O–H groups in total. The van der Waals surface area contributed by atoms with Gasteiger partial charge in [-0.1, -0.05) is 18.2 Å². The van der Waals surface area contributed by atoms with Crippen molar-refractivity contribution >= 4 is 0 Å². The lowest BCUT2D eigenvalue weighted by atomic mass is 9.95. The second-order valence-corrected chi connectivity index (χ2v) is 5.64. The quantitative estimate of drug-likeness (QED) is 0.935. The van der Waals surface area contributed by atoms with E-state index in [1.807, 2.05) is 37.3 Å². The third-order valence-corrected chi connectivity index (χ3v) is 3.97. The van der Waals surface area contributed by atoms with Crippen LogP contribution in [-0.2, 0) is 11.3 Å². The van der Waals surface area contributed by atoms with Crippen LogP contribution in [0.25, 0.3) is 11.5 Å². The van der Waals surface area contributed by atoms with E-state index in [1.165, 1.54) is 0 Å². The molecular formula is C17H21NO3. The molecule has 2 atom stereocenters. The van der Waals surface area contributed by atoms with E-state index in [1.54, 1.807) is 0 Å². The van der Waals surface area contributed by atoms with Gasteiger partial charge in [0, 0.05) is 5.56 Å². The number of hydrogen-bond acceptors (Lipinski definition) is 4. The number of oxazole rings is 1. The lowest BCUT2D eigenvalue weighted by Gasteiger charge is -2.25. The van der Waals surface area contributed by atoms with E-state index in [9.17, 15) is 5.11 Å². The van der Waals surface area contributed by atoms with Gasteiger partial charge in [0.1, 0.15) is 11.5 Å². The SMILES string of the molecule is Cc1oc(-c2ccccc2)nc1CO[C@@H]1CCC[C@H](O)C1. The van der Waals surface area contributed by atoms with Gasteiger partial charge in [-0.05, 0) is 44.7 Å². The van der Waals surface area contributed by atoms with E-state index in [4.69, 9.17) is 9.15 Å². The summed E-state index contributed by atoms with van der Waals surface area (Å²) in [4.78, 5) is 4.53. The summed E-state index contributed by atoms with van der Waals surface area (Å²) >= 11 is 0. The highest BCUT2D eigenvalue weighted by Gasteiger charge is 2.21. The van der Waals surface area contributed by atoms with Crippen molar-refractivity contribution in [2.45, 2.75) is 51.4 Å². The molecule has 1 heterocycles. The van der Waals surface area contributed by atoms with Gasteiger partial charge in [0.15, 0.2) is 0 Å². The number of aryl methyl sites for hydroxylation is 1. The van der Waals surface area contributed by atoms with Crippen molar-refractivity contribution in [3.8, 4) is 11.5 Å². The maximum absolute atomic E-state index is 9.67. The van der Waals surface area contributed by atoms with Crippen molar-refractivity contribution in [2.75, 3.05) is 0 Å². The third-order valence-electron chi connectivity index (χ3n) is 3.97. The number of hydrogen-bond donors (Lipinski definition) is 1. The van der Waals surface area contributed by atoms with Crippen LogP contribution in [0.1, 0.15) is 37.1 Å². The minimum Gasteiger partial charge on any atom is -0.441 e. The Balaban J connectivity index is 1.65. The molecule has 1 aliphatic carbocycles. The normalized spacial score (nSPS) is 22.4. The predicted molar refractivity (Wildman–Crippen MR) is 79.7 cm³/mol. The number of aromatic nitrogens is 1. The lowest BCUT2D eigenvalue weighted by molar-refractivity contribution is -0.0240. The fourth-order valence-corrected chi connectivity index (χ4v) is 2.73. The zero-order chi connectivity index (χ0) is 14.7. The first-order chi connectivity index (χ1) is 10.2. The van der Waals surface area contributed by atoms with Gasteiger partial charge in [0.2, 0.25) is 5.89 Å². The number of benzene rings is 1. The molecule has 0 aliphatic heterocycles. The number of rotatable bonds is 4. The molecule has 0 amide bonds. The second-order valence-electron chi connectivity index (χ2n) is 5.64. The Bertz CT molecular complexity index is 579. The molecule has 1 saturated carbocycles. The molecular weight excluding hydrogens is 266 g/mol. The summed E-state index contributed by atoms with van der Waals surface area (Å²) in [5.41, 5.74) is 1.81. The molecule has 0 bridgehead atoms. The van der Waals surface area contributed by atoms with Crippen LogP contribution in [-0.4, -0.2) is 22.3 Å². The van der Waals surface area contributed by atoms with Gasteiger partial charge in [-0.2, -0.15) is 0 Å². The average molecular weight is 287 g/mol. The maximum atomic E-state index is 9.67. The predicted octanol–water partition coefficient (Wildman–Crippen LogP) is 3.47. The van der Waals surface area contributed by atoms with E-state index in [0.717, 1.165) is 42.7 Å². The van der Waals surface area contributed by atoms with Crippen LogP contribution < -0.4 is 0 Å². The molecule has 3 rings (SSSR count). The number of aliphatic hydroxyl groups excluding tert-OH is 1. The molecule has 0 spiro atoms. The van der Waals surface area contributed by atoms with Crippen LogP contribution in [0.4, 0.5) is 0 Å².